The van der Waals surface area contributed by atoms with E-state index in [4.69, 9.17) is 9.15 Å². The van der Waals surface area contributed by atoms with Crippen LogP contribution < -0.4 is 10.2 Å². The molecule has 0 fully saturated rings. The Labute approximate surface area is 174 Å². The van der Waals surface area contributed by atoms with Crippen molar-refractivity contribution >= 4 is 32.8 Å². The van der Waals surface area contributed by atoms with Gasteiger partial charge in [-0.3, -0.25) is 9.59 Å². The summed E-state index contributed by atoms with van der Waals surface area (Å²) in [6.07, 6.45) is 0.348. The Kier molecular flexibility index (Phi) is 5.06. The quantitative estimate of drug-likeness (QED) is 0.607. The van der Waals surface area contributed by atoms with Crippen LogP contribution in [0.15, 0.2) is 50.1 Å². The number of aliphatic hydroxyl groups is 1. The number of nitrogens with zero attached hydrogens (tertiary/aromatic N) is 1. The number of amides is 1. The second-order valence-electron chi connectivity index (χ2n) is 6.70. The van der Waals surface area contributed by atoms with E-state index in [9.17, 15) is 19.8 Å². The van der Waals surface area contributed by atoms with Gasteiger partial charge in [-0.05, 0) is 52.2 Å². The number of rotatable bonds is 5. The molecule has 0 radical (unpaired) electrons. The molecule has 4 rings (SSSR count). The number of hydrogen-bond acceptors (Lipinski definition) is 6. The van der Waals surface area contributed by atoms with Crippen LogP contribution in [0.4, 0.5) is 0 Å². The molecule has 0 saturated carbocycles. The molecule has 2 N–H and O–H groups in total. The number of para-hydroxylation sites is 1. The number of halogens is 1. The second-order valence-corrected chi connectivity index (χ2v) is 7.56. The number of aliphatic hydroxyl groups excluding tert-OH is 1. The Hall–Kier alpha value is -2.84. The van der Waals surface area contributed by atoms with Crippen LogP contribution in [0.25, 0.3) is 11.0 Å². The maximum Gasteiger partial charge on any atom is 0.290 e. The molecule has 1 aliphatic rings. The van der Waals surface area contributed by atoms with Crippen molar-refractivity contribution in [2.75, 3.05) is 20.3 Å². The molecule has 2 aromatic carbocycles. The first-order chi connectivity index (χ1) is 14.0. The predicted molar refractivity (Wildman–Crippen MR) is 109 cm³/mol. The molecular weight excluding hydrogens is 442 g/mol. The number of phenolic OH excluding ortho intramolecular Hbond substituents is 1. The molecule has 0 spiro atoms. The number of methoxy groups -OCH3 is 1. The molecule has 2 heterocycles. The van der Waals surface area contributed by atoms with Crippen LogP contribution >= 0.6 is 15.9 Å². The summed E-state index contributed by atoms with van der Waals surface area (Å²) in [7, 11) is 1.42. The molecule has 3 aromatic rings. The fourth-order valence-electron chi connectivity index (χ4n) is 3.69. The Morgan fingerprint density at radius 1 is 1.24 bits per heavy atom. The number of carbonyl (C=O) groups is 1. The van der Waals surface area contributed by atoms with Gasteiger partial charge in [-0.25, -0.2) is 0 Å². The lowest BCUT2D eigenvalue weighted by atomic mass is 9.98. The highest BCUT2D eigenvalue weighted by Gasteiger charge is 2.42. The minimum absolute atomic E-state index is 0.000181. The van der Waals surface area contributed by atoms with Gasteiger partial charge < -0.3 is 24.3 Å². The average Bonchev–Trinajstić information content (AvgIpc) is 3.00. The molecule has 0 bridgehead atoms. The zero-order valence-electron chi connectivity index (χ0n) is 15.5. The lowest BCUT2D eigenvalue weighted by Crippen LogP contribution is -2.31. The van der Waals surface area contributed by atoms with Gasteiger partial charge in [-0.2, -0.15) is 0 Å². The lowest BCUT2D eigenvalue weighted by molar-refractivity contribution is 0.0716. The normalized spacial score (nSPS) is 15.8. The summed E-state index contributed by atoms with van der Waals surface area (Å²) in [4.78, 5) is 27.9. The van der Waals surface area contributed by atoms with Gasteiger partial charge in [0.25, 0.3) is 5.91 Å². The maximum absolute atomic E-state index is 13.3. The molecule has 1 unspecified atom stereocenters. The minimum atomic E-state index is -0.726. The molecule has 150 valence electrons. The number of ether oxygens (including phenoxy) is 1. The highest BCUT2D eigenvalue weighted by atomic mass is 79.9. The standard InChI is InChI=1S/C21H18BrNO6/c1-28-15-10-11(9-13(22)19(15)26)17-16-18(25)12-5-2-3-6-14(12)29-20(16)21(27)23(17)7-4-8-24/h2-3,5-6,9-10,17,24,26H,4,7-8H2,1H3. The van der Waals surface area contributed by atoms with Crippen LogP contribution in [0.2, 0.25) is 0 Å². The first-order valence-electron chi connectivity index (χ1n) is 9.02. The van der Waals surface area contributed by atoms with Crippen LogP contribution in [-0.2, 0) is 0 Å². The largest absolute Gasteiger partial charge is 0.503 e. The molecular formula is C21H18BrNO6. The van der Waals surface area contributed by atoms with E-state index in [1.54, 1.807) is 36.4 Å². The number of fused-ring (bicyclic) bond motifs is 2. The molecule has 8 heteroatoms. The summed E-state index contributed by atoms with van der Waals surface area (Å²) in [6, 6.07) is 9.29. The summed E-state index contributed by atoms with van der Waals surface area (Å²) < 4.78 is 11.4. The maximum atomic E-state index is 13.3. The predicted octanol–water partition coefficient (Wildman–Crippen LogP) is 3.20. The van der Waals surface area contributed by atoms with Crippen molar-refractivity contribution < 1.29 is 24.2 Å². The number of carbonyl (C=O) groups excluding carboxylic acids is 1. The molecule has 7 nitrogen and oxygen atoms in total. The zero-order chi connectivity index (χ0) is 20.7. The van der Waals surface area contributed by atoms with E-state index >= 15 is 0 Å². The van der Waals surface area contributed by atoms with Gasteiger partial charge in [0.05, 0.1) is 28.6 Å². The van der Waals surface area contributed by atoms with Crippen LogP contribution in [0.1, 0.15) is 34.1 Å². The summed E-state index contributed by atoms with van der Waals surface area (Å²) in [6.45, 7) is 0.138. The number of benzene rings is 2. The van der Waals surface area contributed by atoms with Gasteiger partial charge in [0, 0.05) is 13.2 Å². The first kappa shape index (κ1) is 19.5. The average molecular weight is 460 g/mol. The van der Waals surface area contributed by atoms with Gasteiger partial charge in [0.15, 0.2) is 16.9 Å². The Balaban J connectivity index is 1.99. The third kappa shape index (κ3) is 3.08. The summed E-state index contributed by atoms with van der Waals surface area (Å²) in [5, 5.41) is 19.8. The number of hydrogen-bond donors (Lipinski definition) is 2. The monoisotopic (exact) mass is 459 g/mol. The summed E-state index contributed by atoms with van der Waals surface area (Å²) in [5.74, 6) is -0.278. The van der Waals surface area contributed by atoms with Gasteiger partial charge in [-0.15, -0.1) is 0 Å². The van der Waals surface area contributed by atoms with Gasteiger partial charge in [-0.1, -0.05) is 12.1 Å². The molecule has 29 heavy (non-hydrogen) atoms. The van der Waals surface area contributed by atoms with Gasteiger partial charge in [0.2, 0.25) is 5.76 Å². The van der Waals surface area contributed by atoms with E-state index in [0.29, 0.717) is 27.4 Å². The van der Waals surface area contributed by atoms with Crippen molar-refractivity contribution in [3.63, 3.8) is 0 Å². The van der Waals surface area contributed by atoms with Crippen molar-refractivity contribution in [3.05, 3.63) is 68.0 Å². The van der Waals surface area contributed by atoms with Gasteiger partial charge in [0.1, 0.15) is 5.58 Å². The topological polar surface area (TPSA) is 100 Å². The van der Waals surface area contributed by atoms with E-state index < -0.39 is 11.9 Å². The van der Waals surface area contributed by atoms with E-state index in [0.717, 1.165) is 0 Å². The van der Waals surface area contributed by atoms with Crippen molar-refractivity contribution in [1.29, 1.82) is 0 Å². The van der Waals surface area contributed by atoms with Crippen molar-refractivity contribution in [2.24, 2.45) is 0 Å². The van der Waals surface area contributed by atoms with E-state index in [2.05, 4.69) is 15.9 Å². The molecule has 1 aliphatic heterocycles. The van der Waals surface area contributed by atoms with Gasteiger partial charge >= 0.3 is 0 Å². The molecule has 1 atom stereocenters. The molecule has 0 aliphatic carbocycles. The van der Waals surface area contributed by atoms with Crippen molar-refractivity contribution in [1.82, 2.24) is 4.90 Å². The van der Waals surface area contributed by atoms with Crippen molar-refractivity contribution in [2.45, 2.75) is 12.5 Å². The van der Waals surface area contributed by atoms with Crippen LogP contribution in [0.3, 0.4) is 0 Å². The fraction of sp³-hybridized carbons (Fsp3) is 0.238. The second kappa shape index (κ2) is 7.53. The third-order valence-corrected chi connectivity index (χ3v) is 5.62. The van der Waals surface area contributed by atoms with Crippen molar-refractivity contribution in [3.8, 4) is 11.5 Å². The SMILES string of the molecule is COc1cc(C2c3c(oc4ccccc4c3=O)C(=O)N2CCCO)cc(Br)c1O. The fourth-order valence-corrected chi connectivity index (χ4v) is 4.15. The smallest absolute Gasteiger partial charge is 0.290 e. The van der Waals surface area contributed by atoms with E-state index in [1.807, 2.05) is 0 Å². The highest BCUT2D eigenvalue weighted by molar-refractivity contribution is 9.10. The molecule has 1 amide bonds. The van der Waals surface area contributed by atoms with Crippen LogP contribution in [0.5, 0.6) is 11.5 Å². The molecule has 0 saturated heterocycles. The van der Waals surface area contributed by atoms with Crippen LogP contribution in [-0.4, -0.2) is 41.3 Å². The first-order valence-corrected chi connectivity index (χ1v) is 9.81. The Morgan fingerprint density at radius 2 is 2.00 bits per heavy atom. The van der Waals surface area contributed by atoms with E-state index in [1.165, 1.54) is 12.0 Å². The third-order valence-electron chi connectivity index (χ3n) is 5.02. The van der Waals surface area contributed by atoms with E-state index in [-0.39, 0.29) is 41.4 Å². The number of aromatic hydroxyl groups is 1. The Morgan fingerprint density at radius 3 is 2.72 bits per heavy atom. The summed E-state index contributed by atoms with van der Waals surface area (Å²) >= 11 is 3.30. The number of phenols is 1. The van der Waals surface area contributed by atoms with Crippen LogP contribution in [0, 0.1) is 0 Å². The molecule has 1 aromatic heterocycles. The minimum Gasteiger partial charge on any atom is -0.503 e. The summed E-state index contributed by atoms with van der Waals surface area (Å²) in [5.41, 5.74) is 0.886. The zero-order valence-corrected chi connectivity index (χ0v) is 17.1. The lowest BCUT2D eigenvalue weighted by Gasteiger charge is -2.25. The Bertz CT molecular complexity index is 1170. The highest BCUT2D eigenvalue weighted by Crippen LogP contribution is 2.43.